The quantitative estimate of drug-likeness (QED) is 0.326. The van der Waals surface area contributed by atoms with Crippen molar-refractivity contribution in [2.24, 2.45) is 0 Å². The lowest BCUT2D eigenvalue weighted by molar-refractivity contribution is -0.141. The van der Waals surface area contributed by atoms with Gasteiger partial charge >= 0.3 is 13.0 Å². The highest BCUT2D eigenvalue weighted by molar-refractivity contribution is 7.85. The fourth-order valence-electron chi connectivity index (χ4n) is 0.997. The van der Waals surface area contributed by atoms with E-state index in [1.165, 1.54) is 13.9 Å². The Bertz CT molecular complexity index is 317. The van der Waals surface area contributed by atoms with Gasteiger partial charge in [0.1, 0.15) is 0 Å². The highest BCUT2D eigenvalue weighted by Gasteiger charge is 2.19. The molecule has 0 aromatic rings. The fourth-order valence-corrected chi connectivity index (χ4v) is 1.41. The van der Waals surface area contributed by atoms with Crippen molar-refractivity contribution in [3.05, 3.63) is 0 Å². The number of hydrogen-bond acceptors (Lipinski definition) is 7. The Labute approximate surface area is 95.4 Å². The Hall–Kier alpha value is -0.635. The number of ether oxygens (including phenoxy) is 1. The first-order chi connectivity index (χ1) is 7.24. The topological polar surface area (TPSA) is 102 Å². The van der Waals surface area contributed by atoms with Gasteiger partial charge in [-0.25, -0.2) is 0 Å². The molecule has 1 atom stereocenters. The molecular weight excluding hydrogens is 237 g/mol. The van der Waals surface area contributed by atoms with Crippen molar-refractivity contribution in [3.63, 3.8) is 0 Å². The second-order valence-electron chi connectivity index (χ2n) is 3.31. The van der Waals surface area contributed by atoms with Crippen LogP contribution in [0.15, 0.2) is 0 Å². The second-order valence-corrected chi connectivity index (χ2v) is 4.95. The molecule has 0 aliphatic rings. The highest BCUT2D eigenvalue weighted by Crippen LogP contribution is 1.99. The summed E-state index contributed by atoms with van der Waals surface area (Å²) in [6.07, 6.45) is 0.821. The summed E-state index contributed by atoms with van der Waals surface area (Å²) in [4.78, 5) is 11.0. The molecule has 94 valence electrons. The van der Waals surface area contributed by atoms with Crippen LogP contribution in [-0.2, 0) is 23.8 Å². The first-order valence-electron chi connectivity index (χ1n) is 4.60. The van der Waals surface area contributed by atoms with Gasteiger partial charge in [0.2, 0.25) is 0 Å². The maximum atomic E-state index is 11.0. The van der Waals surface area contributed by atoms with Crippen LogP contribution in [0.5, 0.6) is 0 Å². The van der Waals surface area contributed by atoms with Crippen LogP contribution in [0.2, 0.25) is 6.82 Å². The van der Waals surface area contributed by atoms with Crippen LogP contribution >= 0.6 is 0 Å². The number of nitrogens with one attached hydrogen (secondary N) is 1. The molecule has 0 fully saturated rings. The van der Waals surface area contributed by atoms with Crippen molar-refractivity contribution in [1.82, 2.24) is 5.23 Å². The summed E-state index contributed by atoms with van der Waals surface area (Å²) < 4.78 is 30.5. The average molecular weight is 253 g/mol. The summed E-state index contributed by atoms with van der Waals surface area (Å²) >= 11 is 0. The third kappa shape index (κ3) is 8.66. The molecule has 0 aromatic carbocycles. The van der Waals surface area contributed by atoms with E-state index in [1.807, 2.05) is 0 Å². The molecule has 2 N–H and O–H groups in total. The van der Waals surface area contributed by atoms with Crippen LogP contribution in [0.1, 0.15) is 6.42 Å². The van der Waals surface area contributed by atoms with E-state index in [0.717, 1.165) is 6.26 Å². The first-order valence-corrected chi connectivity index (χ1v) is 6.41. The lowest BCUT2D eigenvalue weighted by atomic mass is 9.87. The average Bonchev–Trinajstić information content (AvgIpc) is 2.12. The van der Waals surface area contributed by atoms with E-state index in [4.69, 9.17) is 5.02 Å². The van der Waals surface area contributed by atoms with Crippen molar-refractivity contribution in [2.75, 3.05) is 20.0 Å². The number of hydrogen-bond donors (Lipinski definition) is 2. The zero-order valence-electron chi connectivity index (χ0n) is 9.47. The predicted octanol–water partition coefficient (Wildman–Crippen LogP) is -1.41. The van der Waals surface area contributed by atoms with Crippen molar-refractivity contribution < 1.29 is 27.2 Å². The number of esters is 1. The van der Waals surface area contributed by atoms with E-state index in [1.54, 1.807) is 0 Å². The first kappa shape index (κ1) is 15.4. The fraction of sp³-hybridized carbons (Fsp3) is 0.857. The lowest BCUT2D eigenvalue weighted by Crippen LogP contribution is -2.44. The molecule has 0 spiro atoms. The Balaban J connectivity index is 4.26. The van der Waals surface area contributed by atoms with Gasteiger partial charge in [0.05, 0.1) is 26.4 Å². The molecule has 0 heterocycles. The minimum absolute atomic E-state index is 0.0864. The smallest absolute Gasteiger partial charge is 0.373 e. The van der Waals surface area contributed by atoms with Gasteiger partial charge in [0.25, 0.3) is 10.1 Å². The van der Waals surface area contributed by atoms with E-state index in [-0.39, 0.29) is 13.0 Å². The molecular formula is C7H16BNO6S. The summed E-state index contributed by atoms with van der Waals surface area (Å²) in [6.45, 7) is 1.21. The van der Waals surface area contributed by atoms with Crippen molar-refractivity contribution in [3.8, 4) is 0 Å². The monoisotopic (exact) mass is 253 g/mol. The van der Waals surface area contributed by atoms with Gasteiger partial charge in [-0.2, -0.15) is 8.42 Å². The van der Waals surface area contributed by atoms with E-state index >= 15 is 0 Å². The Morgan fingerprint density at radius 3 is 2.50 bits per heavy atom. The molecule has 0 saturated heterocycles. The molecule has 0 unspecified atom stereocenters. The maximum absolute atomic E-state index is 11.0. The van der Waals surface area contributed by atoms with Crippen LogP contribution in [0.3, 0.4) is 0 Å². The van der Waals surface area contributed by atoms with E-state index < -0.39 is 29.2 Å². The van der Waals surface area contributed by atoms with Crippen molar-refractivity contribution in [1.29, 1.82) is 0 Å². The van der Waals surface area contributed by atoms with Crippen molar-refractivity contribution >= 4 is 23.1 Å². The van der Waals surface area contributed by atoms with Gasteiger partial charge in [0.15, 0.2) is 0 Å². The summed E-state index contributed by atoms with van der Waals surface area (Å²) in [7, 11) is -3.23. The van der Waals surface area contributed by atoms with Crippen LogP contribution in [0.25, 0.3) is 0 Å². The maximum Gasteiger partial charge on any atom is 0.373 e. The summed E-state index contributed by atoms with van der Waals surface area (Å²) in [6, 6.07) is -0.623. The molecule has 16 heavy (non-hydrogen) atoms. The SMILES string of the molecule is COC(=O)C[C@@H](COS(C)(=O)=O)NB(C)O. The zero-order chi connectivity index (χ0) is 12.8. The molecule has 0 aromatic heterocycles. The molecule has 0 rings (SSSR count). The Morgan fingerprint density at radius 1 is 1.56 bits per heavy atom. The van der Waals surface area contributed by atoms with Gasteiger partial charge < -0.3 is 15.0 Å². The van der Waals surface area contributed by atoms with E-state index in [9.17, 15) is 13.2 Å². The lowest BCUT2D eigenvalue weighted by Gasteiger charge is -2.17. The van der Waals surface area contributed by atoms with Crippen LogP contribution in [0, 0.1) is 0 Å². The van der Waals surface area contributed by atoms with E-state index in [0.29, 0.717) is 0 Å². The standard InChI is InChI=1S/C7H16BNO6S/c1-8(11)9-6(4-7(10)14-2)5-15-16(3,12)13/h6,9,11H,4-5H2,1-3H3/t6-/m0/s1. The molecule has 0 aliphatic heterocycles. The molecule has 7 nitrogen and oxygen atoms in total. The number of carbonyl (C=O) groups excluding carboxylic acids is 1. The normalized spacial score (nSPS) is 13.2. The molecule has 0 aliphatic carbocycles. The largest absolute Gasteiger partial charge is 0.469 e. The molecule has 0 amide bonds. The van der Waals surface area contributed by atoms with Crippen molar-refractivity contribution in [2.45, 2.75) is 19.3 Å². The molecule has 9 heteroatoms. The number of methoxy groups -OCH3 is 1. The van der Waals surface area contributed by atoms with Gasteiger partial charge in [0, 0.05) is 6.04 Å². The van der Waals surface area contributed by atoms with Crippen LogP contribution in [0.4, 0.5) is 0 Å². The summed E-state index contributed by atoms with van der Waals surface area (Å²) in [5.41, 5.74) is 0. The summed E-state index contributed by atoms with van der Waals surface area (Å²) in [5.74, 6) is -0.518. The Kier molecular flexibility index (Phi) is 6.57. The van der Waals surface area contributed by atoms with Gasteiger partial charge in [-0.1, -0.05) is 0 Å². The van der Waals surface area contributed by atoms with Gasteiger partial charge in [-0.05, 0) is 6.82 Å². The van der Waals surface area contributed by atoms with Gasteiger partial charge in [-0.3, -0.25) is 8.98 Å². The third-order valence-electron chi connectivity index (χ3n) is 1.60. The number of carbonyl (C=O) groups is 1. The van der Waals surface area contributed by atoms with Crippen LogP contribution < -0.4 is 5.23 Å². The minimum atomic E-state index is -3.57. The second kappa shape index (κ2) is 6.84. The molecule has 0 radical (unpaired) electrons. The van der Waals surface area contributed by atoms with E-state index in [2.05, 4.69) is 14.1 Å². The summed E-state index contributed by atoms with van der Waals surface area (Å²) in [5, 5.41) is 11.7. The predicted molar refractivity (Wildman–Crippen MR) is 58.2 cm³/mol. The third-order valence-corrected chi connectivity index (χ3v) is 2.17. The minimum Gasteiger partial charge on any atom is -0.469 e. The Morgan fingerprint density at radius 2 is 2.12 bits per heavy atom. The van der Waals surface area contributed by atoms with Gasteiger partial charge in [-0.15, -0.1) is 0 Å². The molecule has 0 bridgehead atoms. The molecule has 0 saturated carbocycles. The number of rotatable bonds is 7. The zero-order valence-corrected chi connectivity index (χ0v) is 10.3. The highest BCUT2D eigenvalue weighted by atomic mass is 32.2. The van der Waals surface area contributed by atoms with Crippen LogP contribution in [-0.4, -0.2) is 52.5 Å².